The molecular weight excluding hydrogens is 881 g/mol. The molecule has 3 aliphatic heterocycles. The average molecular weight is 963 g/mol. The van der Waals surface area contributed by atoms with Crippen molar-refractivity contribution in [3.63, 3.8) is 0 Å². The van der Waals surface area contributed by atoms with Gasteiger partial charge in [0.2, 0.25) is 0 Å². The third kappa shape index (κ3) is 9.24. The lowest BCUT2D eigenvalue weighted by atomic mass is 9.38. The molecule has 0 amide bonds. The number of allylic oxidation sites excluding steroid dienone is 1. The molecule has 0 unspecified atom stereocenters. The summed E-state index contributed by atoms with van der Waals surface area (Å²) in [5.74, 6) is 0.417. The summed E-state index contributed by atoms with van der Waals surface area (Å²) < 4.78 is 37.0. The molecule has 0 aromatic rings. The molecule has 0 bridgehead atoms. The van der Waals surface area contributed by atoms with Crippen LogP contribution in [0.4, 0.5) is 0 Å². The Morgan fingerprint density at radius 2 is 1.09 bits per heavy atom. The Labute approximate surface area is 393 Å². The number of hydrogen-bond acceptors (Lipinski definition) is 19. The lowest BCUT2D eigenvalue weighted by Crippen LogP contribution is -2.68. The van der Waals surface area contributed by atoms with E-state index in [1.807, 2.05) is 13.8 Å². The van der Waals surface area contributed by atoms with Gasteiger partial charge in [-0.3, -0.25) is 0 Å². The number of aliphatic hydroxyl groups is 13. The Morgan fingerprint density at radius 3 is 1.63 bits per heavy atom. The molecule has 26 atom stereocenters. The van der Waals surface area contributed by atoms with Crippen LogP contribution in [0.2, 0.25) is 0 Å². The highest BCUT2D eigenvalue weighted by Crippen LogP contribution is 2.75. The summed E-state index contributed by atoms with van der Waals surface area (Å²) in [5.41, 5.74) is -0.0161. The number of aliphatic hydroxyl groups excluding tert-OH is 13. The largest absolute Gasteiger partial charge is 0.396 e. The van der Waals surface area contributed by atoms with Gasteiger partial charge in [0.15, 0.2) is 18.9 Å². The van der Waals surface area contributed by atoms with E-state index in [9.17, 15) is 66.4 Å². The van der Waals surface area contributed by atoms with E-state index < -0.39 is 142 Å². The molecule has 0 aromatic heterocycles. The molecule has 7 fully saturated rings. The van der Waals surface area contributed by atoms with Gasteiger partial charge < -0.3 is 94.8 Å². The van der Waals surface area contributed by atoms with Gasteiger partial charge in [0.05, 0.1) is 38.1 Å². The first kappa shape index (κ1) is 53.8. The standard InChI is InChI=1S/C48H82O19/c1-21(2)16-26(53)32(54)22(17-49)23-10-14-48(7)25-8-9-30-45(3,4)31(12-13-46(30,5)24(25)11-15-47(23,48)6)65-44-41(67-43-39(61)37(59)34(56)28(19-51)63-43)40(35(57)29(20-52)64-44)66-42-38(60)36(58)33(55)27(18-50)62-42/h16,22-44,49-61H,8-15,17-20H2,1-7H3/t22-,23+,24-,25+,26+,27-,28-,29+,30+,31+,32-,33+,34-,35+,36+,37+,38+,39+,40-,41+,42+,43+,44-,46+,47+,48-/m1/s1. The minimum Gasteiger partial charge on any atom is -0.396 e. The monoisotopic (exact) mass is 963 g/mol. The second kappa shape index (κ2) is 20.5. The predicted octanol–water partition coefficient (Wildman–Crippen LogP) is -1.20. The molecule has 4 saturated carbocycles. The molecule has 7 rings (SSSR count). The van der Waals surface area contributed by atoms with Crippen molar-refractivity contribution in [1.82, 2.24) is 0 Å². The van der Waals surface area contributed by atoms with Gasteiger partial charge in [0.1, 0.15) is 73.2 Å². The van der Waals surface area contributed by atoms with Crippen LogP contribution in [0, 0.1) is 51.2 Å². The number of rotatable bonds is 14. The minimum absolute atomic E-state index is 0.0215. The molecule has 19 heteroatoms. The summed E-state index contributed by atoms with van der Waals surface area (Å²) in [6.07, 6.45) is -19.4. The van der Waals surface area contributed by atoms with Crippen LogP contribution in [-0.4, -0.2) is 203 Å². The molecule has 67 heavy (non-hydrogen) atoms. The van der Waals surface area contributed by atoms with Gasteiger partial charge in [-0.2, -0.15) is 0 Å². The number of ether oxygens (including phenoxy) is 6. The second-order valence-electron chi connectivity index (χ2n) is 22.7. The number of hydrogen-bond donors (Lipinski definition) is 13. The van der Waals surface area contributed by atoms with Crippen molar-refractivity contribution in [2.45, 2.75) is 210 Å². The zero-order chi connectivity index (χ0) is 49.3. The fourth-order valence-corrected chi connectivity index (χ4v) is 14.9. The molecule has 388 valence electrons. The Bertz CT molecular complexity index is 1680. The number of fused-ring (bicyclic) bond motifs is 5. The van der Waals surface area contributed by atoms with Gasteiger partial charge in [-0.05, 0) is 111 Å². The highest BCUT2D eigenvalue weighted by atomic mass is 16.8. The van der Waals surface area contributed by atoms with Crippen molar-refractivity contribution in [2.24, 2.45) is 51.2 Å². The highest BCUT2D eigenvalue weighted by Gasteiger charge is 2.69. The fourth-order valence-electron chi connectivity index (χ4n) is 14.9. The van der Waals surface area contributed by atoms with E-state index in [1.54, 1.807) is 6.08 Å². The zero-order valence-electron chi connectivity index (χ0n) is 40.1. The fraction of sp³-hybridized carbons (Fsp3) is 0.958. The maximum atomic E-state index is 11.7. The lowest BCUT2D eigenvalue weighted by Gasteiger charge is -2.68. The third-order valence-electron chi connectivity index (χ3n) is 18.9. The molecule has 0 radical (unpaired) electrons. The average Bonchev–Trinajstić information content (AvgIpc) is 3.56. The van der Waals surface area contributed by atoms with Crippen LogP contribution in [-0.2, 0) is 28.4 Å². The summed E-state index contributed by atoms with van der Waals surface area (Å²) >= 11 is 0. The molecule has 0 spiro atoms. The van der Waals surface area contributed by atoms with Gasteiger partial charge in [-0.25, -0.2) is 0 Å². The molecule has 0 aromatic carbocycles. The molecular formula is C48H82O19. The van der Waals surface area contributed by atoms with Crippen molar-refractivity contribution in [3.8, 4) is 0 Å². The second-order valence-corrected chi connectivity index (χ2v) is 22.7. The summed E-state index contributed by atoms with van der Waals surface area (Å²) in [6.45, 7) is 12.7. The molecule has 4 aliphatic carbocycles. The smallest absolute Gasteiger partial charge is 0.187 e. The zero-order valence-corrected chi connectivity index (χ0v) is 40.1. The third-order valence-corrected chi connectivity index (χ3v) is 18.9. The maximum Gasteiger partial charge on any atom is 0.187 e. The Kier molecular flexibility index (Phi) is 16.4. The minimum atomic E-state index is -1.91. The van der Waals surface area contributed by atoms with E-state index in [0.717, 1.165) is 50.5 Å². The van der Waals surface area contributed by atoms with Crippen LogP contribution in [0.1, 0.15) is 99.8 Å². The normalized spacial score (nSPS) is 51.2. The van der Waals surface area contributed by atoms with Crippen LogP contribution in [0.5, 0.6) is 0 Å². The van der Waals surface area contributed by atoms with E-state index in [2.05, 4.69) is 34.6 Å². The van der Waals surface area contributed by atoms with Crippen LogP contribution in [0.15, 0.2) is 11.6 Å². The van der Waals surface area contributed by atoms with Gasteiger partial charge in [-0.1, -0.05) is 46.3 Å². The molecule has 3 heterocycles. The quantitative estimate of drug-likeness (QED) is 0.0719. The van der Waals surface area contributed by atoms with Gasteiger partial charge in [0.25, 0.3) is 0 Å². The van der Waals surface area contributed by atoms with Crippen molar-refractivity contribution in [3.05, 3.63) is 11.6 Å². The highest BCUT2D eigenvalue weighted by molar-refractivity contribution is 5.18. The maximum absolute atomic E-state index is 11.7. The topological polar surface area (TPSA) is 318 Å². The van der Waals surface area contributed by atoms with E-state index in [1.165, 1.54) is 0 Å². The first-order chi connectivity index (χ1) is 31.4. The Hall–Kier alpha value is -1.02. The van der Waals surface area contributed by atoms with Crippen LogP contribution < -0.4 is 0 Å². The summed E-state index contributed by atoms with van der Waals surface area (Å²) in [6, 6.07) is 0. The first-order valence-corrected chi connectivity index (χ1v) is 24.6. The van der Waals surface area contributed by atoms with Crippen molar-refractivity contribution in [1.29, 1.82) is 0 Å². The SMILES string of the molecule is CC(C)=C[C@H](O)[C@H](O)[C@H](CO)[C@@H]1CC[C@]2(C)[C@H]3CC[C@H]4C(C)(C)[C@@H](O[C@H]5O[C@@H](CO)[C@H](O)[C@@H](O[C@@H]6O[C@H](CO)[C@H](O)[C@H](O)[C@@H]6O)[C@@H]5O[C@@H]5O[C@H](CO)[C@@H](O)[C@H](O)[C@@H]5O)CC[C@@]4(C)[C@@H]3CC[C@@]12C. The predicted molar refractivity (Wildman–Crippen MR) is 235 cm³/mol. The molecule has 19 nitrogen and oxygen atoms in total. The molecule has 13 N–H and O–H groups in total. The van der Waals surface area contributed by atoms with Gasteiger partial charge in [-0.15, -0.1) is 0 Å². The molecule has 7 aliphatic rings. The van der Waals surface area contributed by atoms with Crippen molar-refractivity contribution >= 4 is 0 Å². The van der Waals surface area contributed by atoms with Gasteiger partial charge >= 0.3 is 0 Å². The van der Waals surface area contributed by atoms with E-state index >= 15 is 0 Å². The van der Waals surface area contributed by atoms with E-state index in [4.69, 9.17) is 28.4 Å². The Balaban J connectivity index is 1.15. The van der Waals surface area contributed by atoms with E-state index in [0.29, 0.717) is 18.3 Å². The molecule has 3 saturated heterocycles. The van der Waals surface area contributed by atoms with Gasteiger partial charge in [0, 0.05) is 12.5 Å². The van der Waals surface area contributed by atoms with Crippen molar-refractivity contribution in [2.75, 3.05) is 26.4 Å². The Morgan fingerprint density at radius 1 is 0.567 bits per heavy atom. The first-order valence-electron chi connectivity index (χ1n) is 24.6. The van der Waals surface area contributed by atoms with Crippen LogP contribution in [0.25, 0.3) is 0 Å². The summed E-state index contributed by atoms with van der Waals surface area (Å²) in [5, 5.41) is 140. The van der Waals surface area contributed by atoms with Crippen LogP contribution in [0.3, 0.4) is 0 Å². The van der Waals surface area contributed by atoms with Crippen LogP contribution >= 0.6 is 0 Å². The van der Waals surface area contributed by atoms with E-state index in [-0.39, 0.29) is 34.7 Å². The lowest BCUT2D eigenvalue weighted by molar-refractivity contribution is -0.399. The summed E-state index contributed by atoms with van der Waals surface area (Å²) in [7, 11) is 0. The summed E-state index contributed by atoms with van der Waals surface area (Å²) in [4.78, 5) is 0. The van der Waals surface area contributed by atoms with Crippen molar-refractivity contribution < 1.29 is 94.8 Å².